The van der Waals surface area contributed by atoms with E-state index in [1.807, 2.05) is 23.1 Å². The Morgan fingerprint density at radius 3 is 2.48 bits per heavy atom. The van der Waals surface area contributed by atoms with E-state index in [0.717, 1.165) is 37.2 Å². The Balaban J connectivity index is 1.50. The number of benzene rings is 2. The molecule has 4 rings (SSSR count). The molecule has 1 saturated carbocycles. The van der Waals surface area contributed by atoms with Gasteiger partial charge in [-0.05, 0) is 55.2 Å². The summed E-state index contributed by atoms with van der Waals surface area (Å²) in [6.07, 6.45) is 2.87. The molecule has 1 aliphatic carbocycles. The van der Waals surface area contributed by atoms with Crippen LogP contribution in [0.15, 0.2) is 48.5 Å². The van der Waals surface area contributed by atoms with Crippen molar-refractivity contribution < 1.29 is 9.59 Å². The average Bonchev–Trinajstić information content (AvgIpc) is 3.35. The summed E-state index contributed by atoms with van der Waals surface area (Å²) < 4.78 is 0. The van der Waals surface area contributed by atoms with Crippen LogP contribution < -0.4 is 10.2 Å². The normalized spacial score (nSPS) is 16.1. The van der Waals surface area contributed by atoms with Crippen LogP contribution in [0.25, 0.3) is 0 Å². The third-order valence-corrected chi connectivity index (χ3v) is 4.48. The highest BCUT2D eigenvalue weighted by atomic mass is 16.2. The highest BCUT2D eigenvalue weighted by Crippen LogP contribution is 2.31. The van der Waals surface area contributed by atoms with Gasteiger partial charge in [-0.2, -0.15) is 0 Å². The van der Waals surface area contributed by atoms with Crippen molar-refractivity contribution in [1.82, 2.24) is 0 Å². The van der Waals surface area contributed by atoms with Crippen LogP contribution in [0.2, 0.25) is 0 Å². The highest BCUT2D eigenvalue weighted by molar-refractivity contribution is 6.07. The van der Waals surface area contributed by atoms with Crippen molar-refractivity contribution in [3.8, 4) is 0 Å². The van der Waals surface area contributed by atoms with Crippen LogP contribution in [0.4, 0.5) is 11.4 Å². The summed E-state index contributed by atoms with van der Waals surface area (Å²) in [5.41, 5.74) is 3.61. The van der Waals surface area contributed by atoms with E-state index >= 15 is 0 Å². The van der Waals surface area contributed by atoms with Crippen molar-refractivity contribution in [2.45, 2.75) is 19.3 Å². The zero-order valence-corrected chi connectivity index (χ0v) is 12.8. The fraction of sp³-hybridized carbons (Fsp3) is 0.263. The van der Waals surface area contributed by atoms with E-state index in [2.05, 4.69) is 11.4 Å². The van der Waals surface area contributed by atoms with Gasteiger partial charge < -0.3 is 10.2 Å². The van der Waals surface area contributed by atoms with Crippen LogP contribution in [0.1, 0.15) is 28.8 Å². The molecule has 2 amide bonds. The molecule has 23 heavy (non-hydrogen) atoms. The molecule has 0 radical (unpaired) electrons. The number of nitrogens with zero attached hydrogens (tertiary/aromatic N) is 1. The first-order chi connectivity index (χ1) is 11.2. The summed E-state index contributed by atoms with van der Waals surface area (Å²) in [6.45, 7) is 0.721. The monoisotopic (exact) mass is 306 g/mol. The predicted molar refractivity (Wildman–Crippen MR) is 89.6 cm³/mol. The average molecular weight is 306 g/mol. The number of hydrogen-bond acceptors (Lipinski definition) is 2. The van der Waals surface area contributed by atoms with Crippen molar-refractivity contribution in [2.24, 2.45) is 5.92 Å². The summed E-state index contributed by atoms with van der Waals surface area (Å²) in [4.78, 5) is 26.3. The molecule has 4 heteroatoms. The fourth-order valence-corrected chi connectivity index (χ4v) is 2.99. The number of amides is 2. The summed E-state index contributed by atoms with van der Waals surface area (Å²) in [5.74, 6) is 0.268. The quantitative estimate of drug-likeness (QED) is 0.946. The summed E-state index contributed by atoms with van der Waals surface area (Å²) >= 11 is 0. The molecule has 0 bridgehead atoms. The van der Waals surface area contributed by atoms with Gasteiger partial charge in [0.15, 0.2) is 0 Å². The first-order valence-electron chi connectivity index (χ1n) is 8.03. The summed E-state index contributed by atoms with van der Waals surface area (Å²) in [7, 11) is 0. The molecule has 116 valence electrons. The molecule has 0 saturated heterocycles. The molecule has 2 aliphatic rings. The van der Waals surface area contributed by atoms with Crippen molar-refractivity contribution in [2.75, 3.05) is 16.8 Å². The van der Waals surface area contributed by atoms with E-state index in [4.69, 9.17) is 0 Å². The lowest BCUT2D eigenvalue weighted by molar-refractivity contribution is -0.117. The van der Waals surface area contributed by atoms with Gasteiger partial charge >= 0.3 is 0 Å². The molecule has 2 aromatic carbocycles. The van der Waals surface area contributed by atoms with Gasteiger partial charge in [0.25, 0.3) is 5.91 Å². The Labute approximate surface area is 135 Å². The SMILES string of the molecule is O=C(Nc1ccc(C(=O)N2CCc3ccccc32)cc1)C1CC1. The molecule has 1 heterocycles. The number of hydrogen-bond donors (Lipinski definition) is 1. The van der Waals surface area contributed by atoms with E-state index in [1.54, 1.807) is 24.3 Å². The number of rotatable bonds is 3. The van der Waals surface area contributed by atoms with Gasteiger partial charge in [-0.3, -0.25) is 9.59 Å². The van der Waals surface area contributed by atoms with Crippen molar-refractivity contribution in [3.05, 3.63) is 59.7 Å². The minimum Gasteiger partial charge on any atom is -0.326 e. The zero-order valence-electron chi connectivity index (χ0n) is 12.8. The second-order valence-corrected chi connectivity index (χ2v) is 6.18. The molecule has 1 fully saturated rings. The van der Waals surface area contributed by atoms with E-state index in [-0.39, 0.29) is 17.7 Å². The maximum atomic E-state index is 12.7. The smallest absolute Gasteiger partial charge is 0.258 e. The molecule has 0 atom stereocenters. The molecule has 0 aromatic heterocycles. The van der Waals surface area contributed by atoms with Gasteiger partial charge in [0.2, 0.25) is 5.91 Å². The largest absolute Gasteiger partial charge is 0.326 e. The number of para-hydroxylation sites is 1. The van der Waals surface area contributed by atoms with Gasteiger partial charge in [0, 0.05) is 29.4 Å². The Morgan fingerprint density at radius 2 is 1.74 bits per heavy atom. The van der Waals surface area contributed by atoms with Crippen LogP contribution in [0.3, 0.4) is 0 Å². The van der Waals surface area contributed by atoms with Crippen LogP contribution in [-0.4, -0.2) is 18.4 Å². The van der Waals surface area contributed by atoms with Gasteiger partial charge in [0.05, 0.1) is 0 Å². The lowest BCUT2D eigenvalue weighted by Crippen LogP contribution is -2.28. The Hall–Kier alpha value is -2.62. The maximum absolute atomic E-state index is 12.7. The Bertz CT molecular complexity index is 763. The molecular formula is C19H18N2O2. The minimum absolute atomic E-state index is 0.00928. The summed E-state index contributed by atoms with van der Waals surface area (Å²) in [6, 6.07) is 15.2. The second-order valence-electron chi connectivity index (χ2n) is 6.18. The van der Waals surface area contributed by atoms with Crippen LogP contribution in [-0.2, 0) is 11.2 Å². The standard InChI is InChI=1S/C19H18N2O2/c22-18(14-5-6-14)20-16-9-7-15(8-10-16)19(23)21-12-11-13-3-1-2-4-17(13)21/h1-4,7-10,14H,5-6,11-12H2,(H,20,22). The lowest BCUT2D eigenvalue weighted by atomic mass is 10.1. The number of carbonyl (C=O) groups is 2. The number of carbonyl (C=O) groups excluding carboxylic acids is 2. The lowest BCUT2D eigenvalue weighted by Gasteiger charge is -2.17. The van der Waals surface area contributed by atoms with Gasteiger partial charge in [0.1, 0.15) is 0 Å². The fourth-order valence-electron chi connectivity index (χ4n) is 2.99. The van der Waals surface area contributed by atoms with E-state index in [1.165, 1.54) is 5.56 Å². The van der Waals surface area contributed by atoms with E-state index < -0.39 is 0 Å². The number of fused-ring (bicyclic) bond motifs is 1. The van der Waals surface area contributed by atoms with Crippen molar-refractivity contribution in [3.63, 3.8) is 0 Å². The predicted octanol–water partition coefficient (Wildman–Crippen LogP) is 3.24. The third kappa shape index (κ3) is 2.72. The van der Waals surface area contributed by atoms with Crippen molar-refractivity contribution >= 4 is 23.2 Å². The molecule has 0 unspecified atom stereocenters. The first kappa shape index (κ1) is 14.0. The van der Waals surface area contributed by atoms with E-state index in [0.29, 0.717) is 5.56 Å². The van der Waals surface area contributed by atoms with Crippen LogP contribution in [0, 0.1) is 5.92 Å². The van der Waals surface area contributed by atoms with Gasteiger partial charge in [-0.1, -0.05) is 18.2 Å². The molecule has 1 N–H and O–H groups in total. The molecule has 4 nitrogen and oxygen atoms in total. The molecule has 1 aliphatic heterocycles. The Kier molecular flexibility index (Phi) is 3.37. The Morgan fingerprint density at radius 1 is 1.00 bits per heavy atom. The van der Waals surface area contributed by atoms with Crippen LogP contribution >= 0.6 is 0 Å². The first-order valence-corrected chi connectivity index (χ1v) is 8.03. The van der Waals surface area contributed by atoms with Gasteiger partial charge in [-0.25, -0.2) is 0 Å². The van der Waals surface area contributed by atoms with Gasteiger partial charge in [-0.15, -0.1) is 0 Å². The maximum Gasteiger partial charge on any atom is 0.258 e. The number of anilines is 2. The van der Waals surface area contributed by atoms with Crippen LogP contribution in [0.5, 0.6) is 0 Å². The van der Waals surface area contributed by atoms with Crippen molar-refractivity contribution in [1.29, 1.82) is 0 Å². The molecular weight excluding hydrogens is 288 g/mol. The molecule has 2 aromatic rings. The zero-order chi connectivity index (χ0) is 15.8. The van der Waals surface area contributed by atoms with E-state index in [9.17, 15) is 9.59 Å². The topological polar surface area (TPSA) is 49.4 Å². The number of nitrogens with one attached hydrogen (secondary N) is 1. The minimum atomic E-state index is 0.00928. The summed E-state index contributed by atoms with van der Waals surface area (Å²) in [5, 5.41) is 2.89. The molecule has 0 spiro atoms. The second kappa shape index (κ2) is 5.54. The third-order valence-electron chi connectivity index (χ3n) is 4.48. The highest BCUT2D eigenvalue weighted by Gasteiger charge is 2.29.